The molecule has 2 N–H and O–H groups in total. The first kappa shape index (κ1) is 14.4. The summed E-state index contributed by atoms with van der Waals surface area (Å²) in [6, 6.07) is 8.61. The monoisotopic (exact) mass is 274 g/mol. The molecule has 1 aliphatic carbocycles. The van der Waals surface area contributed by atoms with Crippen molar-refractivity contribution >= 4 is 5.91 Å². The molecule has 5 nitrogen and oxygen atoms in total. The lowest BCUT2D eigenvalue weighted by atomic mass is 9.99. The average Bonchev–Trinajstić information content (AvgIpc) is 2.95. The molecule has 0 radical (unpaired) electrons. The Balaban J connectivity index is 1.84. The van der Waals surface area contributed by atoms with Gasteiger partial charge in [0.15, 0.2) is 6.61 Å². The number of nitrogens with one attached hydrogen (secondary N) is 1. The van der Waals surface area contributed by atoms with Gasteiger partial charge in [0.05, 0.1) is 23.8 Å². The van der Waals surface area contributed by atoms with Gasteiger partial charge in [0.2, 0.25) is 0 Å². The molecular weight excluding hydrogens is 256 g/mol. The largest absolute Gasteiger partial charge is 0.484 e. The first-order valence-electron chi connectivity index (χ1n) is 6.72. The highest BCUT2D eigenvalue weighted by Crippen LogP contribution is 2.28. The molecule has 1 aliphatic rings. The molecule has 106 valence electrons. The number of aliphatic hydroxyl groups is 1. The van der Waals surface area contributed by atoms with E-state index in [0.717, 1.165) is 25.7 Å². The van der Waals surface area contributed by atoms with Crippen LogP contribution in [-0.2, 0) is 4.79 Å². The summed E-state index contributed by atoms with van der Waals surface area (Å²) in [6.45, 7) is -0.122. The number of carbonyl (C=O) groups is 1. The van der Waals surface area contributed by atoms with Gasteiger partial charge in [0.25, 0.3) is 5.91 Å². The van der Waals surface area contributed by atoms with Crippen LogP contribution in [0.4, 0.5) is 0 Å². The van der Waals surface area contributed by atoms with Crippen molar-refractivity contribution in [3.05, 3.63) is 29.8 Å². The molecule has 1 aromatic rings. The van der Waals surface area contributed by atoms with Crippen molar-refractivity contribution in [2.45, 2.75) is 31.2 Å². The van der Waals surface area contributed by atoms with Crippen LogP contribution in [0.5, 0.6) is 5.75 Å². The number of ether oxygens (including phenoxy) is 1. The number of hydrogen-bond donors (Lipinski definition) is 2. The summed E-state index contributed by atoms with van der Waals surface area (Å²) >= 11 is 0. The summed E-state index contributed by atoms with van der Waals surface area (Å²) in [4.78, 5) is 11.9. The van der Waals surface area contributed by atoms with Gasteiger partial charge in [-0.1, -0.05) is 12.8 Å². The minimum atomic E-state index is -0.467. The van der Waals surface area contributed by atoms with Crippen molar-refractivity contribution in [3.63, 3.8) is 0 Å². The van der Waals surface area contributed by atoms with Gasteiger partial charge in [-0.25, -0.2) is 0 Å². The molecule has 0 unspecified atom stereocenters. The van der Waals surface area contributed by atoms with Gasteiger partial charge < -0.3 is 15.2 Å². The zero-order valence-corrected chi connectivity index (χ0v) is 11.3. The zero-order chi connectivity index (χ0) is 14.4. The summed E-state index contributed by atoms with van der Waals surface area (Å²) in [5, 5.41) is 21.0. The molecule has 0 heterocycles. The fourth-order valence-electron chi connectivity index (χ4n) is 2.48. The van der Waals surface area contributed by atoms with Crippen LogP contribution in [0.15, 0.2) is 24.3 Å². The minimum absolute atomic E-state index is 0.0321. The predicted octanol–water partition coefficient (Wildman–Crippen LogP) is 1.36. The fraction of sp³-hybridized carbons (Fsp3) is 0.467. The highest BCUT2D eigenvalue weighted by Gasteiger charge is 2.34. The maximum absolute atomic E-state index is 11.9. The SMILES string of the molecule is N#Cc1ccc(OCC(=O)NC2(CO)CCCC2)cc1. The van der Waals surface area contributed by atoms with Gasteiger partial charge in [-0.2, -0.15) is 5.26 Å². The first-order valence-corrected chi connectivity index (χ1v) is 6.72. The molecule has 1 aromatic carbocycles. The van der Waals surface area contributed by atoms with Crippen LogP contribution in [0.1, 0.15) is 31.2 Å². The zero-order valence-electron chi connectivity index (χ0n) is 11.3. The summed E-state index contributed by atoms with van der Waals surface area (Å²) in [5.41, 5.74) is 0.0810. The standard InChI is InChI=1S/C15H18N2O3/c16-9-12-3-5-13(6-4-12)20-10-14(19)17-15(11-18)7-1-2-8-15/h3-6,18H,1-2,7-8,10-11H2,(H,17,19). The molecule has 0 aromatic heterocycles. The quantitative estimate of drug-likeness (QED) is 0.849. The number of nitriles is 1. The molecule has 0 spiro atoms. The summed E-state index contributed by atoms with van der Waals surface area (Å²) in [6.07, 6.45) is 3.67. The van der Waals surface area contributed by atoms with Crippen molar-refractivity contribution in [1.29, 1.82) is 5.26 Å². The Morgan fingerprint density at radius 3 is 2.55 bits per heavy atom. The van der Waals surface area contributed by atoms with E-state index in [1.54, 1.807) is 24.3 Å². The minimum Gasteiger partial charge on any atom is -0.484 e. The molecule has 1 fully saturated rings. The summed E-state index contributed by atoms with van der Waals surface area (Å²) in [5.74, 6) is 0.314. The molecule has 5 heteroatoms. The second kappa shape index (κ2) is 6.40. The lowest BCUT2D eigenvalue weighted by Gasteiger charge is -2.27. The topological polar surface area (TPSA) is 82.3 Å². The lowest BCUT2D eigenvalue weighted by Crippen LogP contribution is -2.50. The number of hydrogen-bond acceptors (Lipinski definition) is 4. The van der Waals surface area contributed by atoms with Crippen molar-refractivity contribution in [3.8, 4) is 11.8 Å². The van der Waals surface area contributed by atoms with Gasteiger partial charge in [-0.3, -0.25) is 4.79 Å². The second-order valence-corrected chi connectivity index (χ2v) is 5.12. The number of rotatable bonds is 5. The van der Waals surface area contributed by atoms with Crippen molar-refractivity contribution in [2.24, 2.45) is 0 Å². The molecule has 0 saturated heterocycles. The van der Waals surface area contributed by atoms with E-state index >= 15 is 0 Å². The molecule has 20 heavy (non-hydrogen) atoms. The summed E-state index contributed by atoms with van der Waals surface area (Å²) in [7, 11) is 0. The maximum Gasteiger partial charge on any atom is 0.258 e. The number of nitrogens with zero attached hydrogens (tertiary/aromatic N) is 1. The smallest absolute Gasteiger partial charge is 0.258 e. The van der Waals surface area contributed by atoms with Crippen molar-refractivity contribution < 1.29 is 14.6 Å². The number of carbonyl (C=O) groups excluding carboxylic acids is 1. The molecule has 1 saturated carbocycles. The van der Waals surface area contributed by atoms with Crippen LogP contribution in [0.25, 0.3) is 0 Å². The van der Waals surface area contributed by atoms with E-state index in [2.05, 4.69) is 5.32 Å². The maximum atomic E-state index is 11.9. The Morgan fingerprint density at radius 2 is 2.00 bits per heavy atom. The third-order valence-electron chi connectivity index (χ3n) is 3.62. The number of amides is 1. The van der Waals surface area contributed by atoms with Crippen molar-refractivity contribution in [2.75, 3.05) is 13.2 Å². The van der Waals surface area contributed by atoms with Crippen LogP contribution in [0, 0.1) is 11.3 Å². The Labute approximate surface area is 118 Å². The summed E-state index contributed by atoms with van der Waals surface area (Å²) < 4.78 is 5.36. The lowest BCUT2D eigenvalue weighted by molar-refractivity contribution is -0.125. The van der Waals surface area contributed by atoms with Gasteiger partial charge in [0, 0.05) is 0 Å². The number of benzene rings is 1. The normalized spacial score (nSPS) is 16.4. The van der Waals surface area contributed by atoms with E-state index in [0.29, 0.717) is 11.3 Å². The van der Waals surface area contributed by atoms with Gasteiger partial charge in [0.1, 0.15) is 5.75 Å². The van der Waals surface area contributed by atoms with E-state index in [1.807, 2.05) is 6.07 Å². The van der Waals surface area contributed by atoms with Crippen LogP contribution in [-0.4, -0.2) is 29.8 Å². The Hall–Kier alpha value is -2.06. The first-order chi connectivity index (χ1) is 9.67. The Bertz CT molecular complexity index is 499. The highest BCUT2D eigenvalue weighted by atomic mass is 16.5. The molecule has 0 atom stereocenters. The Morgan fingerprint density at radius 1 is 1.35 bits per heavy atom. The van der Waals surface area contributed by atoms with Gasteiger partial charge in [-0.15, -0.1) is 0 Å². The number of aliphatic hydroxyl groups excluding tert-OH is 1. The molecule has 1 amide bonds. The highest BCUT2D eigenvalue weighted by molar-refractivity contribution is 5.78. The third kappa shape index (κ3) is 3.49. The predicted molar refractivity (Wildman–Crippen MR) is 73.1 cm³/mol. The molecule has 0 bridgehead atoms. The van der Waals surface area contributed by atoms with Crippen LogP contribution >= 0.6 is 0 Å². The van der Waals surface area contributed by atoms with E-state index in [9.17, 15) is 9.90 Å². The van der Waals surface area contributed by atoms with E-state index in [4.69, 9.17) is 10.00 Å². The Kier molecular flexibility index (Phi) is 4.59. The average molecular weight is 274 g/mol. The van der Waals surface area contributed by atoms with Crippen LogP contribution < -0.4 is 10.1 Å². The van der Waals surface area contributed by atoms with Crippen molar-refractivity contribution in [1.82, 2.24) is 5.32 Å². The van der Waals surface area contributed by atoms with E-state index in [-0.39, 0.29) is 19.1 Å². The molecule has 2 rings (SSSR count). The van der Waals surface area contributed by atoms with Crippen LogP contribution in [0.3, 0.4) is 0 Å². The second-order valence-electron chi connectivity index (χ2n) is 5.12. The van der Waals surface area contributed by atoms with Gasteiger partial charge >= 0.3 is 0 Å². The van der Waals surface area contributed by atoms with Crippen LogP contribution in [0.2, 0.25) is 0 Å². The molecular formula is C15H18N2O3. The fourth-order valence-corrected chi connectivity index (χ4v) is 2.48. The van der Waals surface area contributed by atoms with Gasteiger partial charge in [-0.05, 0) is 37.1 Å². The third-order valence-corrected chi connectivity index (χ3v) is 3.62. The van der Waals surface area contributed by atoms with E-state index in [1.165, 1.54) is 0 Å². The van der Waals surface area contributed by atoms with E-state index < -0.39 is 5.54 Å². The molecule has 0 aliphatic heterocycles.